The molecule has 0 aliphatic carbocycles. The number of piperidine rings is 2. The Bertz CT molecular complexity index is 1070. The van der Waals surface area contributed by atoms with Gasteiger partial charge in [-0.2, -0.15) is 5.10 Å². The van der Waals surface area contributed by atoms with Gasteiger partial charge in [0.25, 0.3) is 0 Å². The van der Waals surface area contributed by atoms with E-state index >= 15 is 0 Å². The summed E-state index contributed by atoms with van der Waals surface area (Å²) in [7, 11) is 0. The van der Waals surface area contributed by atoms with E-state index in [9.17, 15) is 4.79 Å². The normalized spacial score (nSPS) is 19.6. The molecule has 6 heteroatoms. The van der Waals surface area contributed by atoms with Gasteiger partial charge in [-0.3, -0.25) is 14.8 Å². The molecule has 0 saturated carbocycles. The number of aromatic amines is 1. The first-order valence-electron chi connectivity index (χ1n) is 12.5. The molecule has 2 N–H and O–H groups in total. The van der Waals surface area contributed by atoms with E-state index in [1.54, 1.807) is 0 Å². The largest absolute Gasteiger partial charge is 0.381 e. The van der Waals surface area contributed by atoms with Crippen molar-refractivity contribution in [1.29, 1.82) is 0 Å². The summed E-state index contributed by atoms with van der Waals surface area (Å²) in [6.45, 7) is 5.03. The average Bonchev–Trinajstić information content (AvgIpc) is 3.32. The van der Waals surface area contributed by atoms with E-state index in [-0.39, 0.29) is 0 Å². The molecular formula is C27H35N5O. The van der Waals surface area contributed by atoms with Crippen molar-refractivity contribution in [3.63, 3.8) is 0 Å². The molecular weight excluding hydrogens is 410 g/mol. The first-order chi connectivity index (χ1) is 16.2. The second-order valence-corrected chi connectivity index (χ2v) is 9.65. The molecule has 1 aromatic heterocycles. The molecule has 5 rings (SSSR count). The first-order valence-corrected chi connectivity index (χ1v) is 12.5. The van der Waals surface area contributed by atoms with Crippen molar-refractivity contribution in [3.8, 4) is 0 Å². The van der Waals surface area contributed by atoms with Crippen LogP contribution in [0.25, 0.3) is 10.9 Å². The molecule has 2 fully saturated rings. The van der Waals surface area contributed by atoms with Crippen LogP contribution in [0.1, 0.15) is 49.7 Å². The summed E-state index contributed by atoms with van der Waals surface area (Å²) in [5.41, 5.74) is 4.86. The lowest BCUT2D eigenvalue weighted by atomic mass is 10.0. The molecule has 0 unspecified atom stereocenters. The molecule has 3 heterocycles. The van der Waals surface area contributed by atoms with Crippen LogP contribution in [-0.2, 0) is 17.8 Å². The van der Waals surface area contributed by atoms with E-state index in [0.717, 1.165) is 68.6 Å². The lowest BCUT2D eigenvalue weighted by Crippen LogP contribution is -2.41. The highest BCUT2D eigenvalue weighted by atomic mass is 16.2. The molecule has 0 bridgehead atoms. The van der Waals surface area contributed by atoms with Crippen molar-refractivity contribution in [2.24, 2.45) is 0 Å². The van der Waals surface area contributed by atoms with Gasteiger partial charge in [-0.25, -0.2) is 0 Å². The Morgan fingerprint density at radius 1 is 1.03 bits per heavy atom. The number of H-pyrrole nitrogens is 1. The highest BCUT2D eigenvalue weighted by Crippen LogP contribution is 2.22. The second-order valence-electron chi connectivity index (χ2n) is 9.65. The predicted molar refractivity (Wildman–Crippen MR) is 133 cm³/mol. The fourth-order valence-electron chi connectivity index (χ4n) is 5.28. The molecule has 0 radical (unpaired) electrons. The number of carbonyl (C=O) groups excluding carboxylic acids is 1. The third kappa shape index (κ3) is 5.74. The van der Waals surface area contributed by atoms with Crippen LogP contribution >= 0.6 is 0 Å². The van der Waals surface area contributed by atoms with Crippen LogP contribution in [-0.4, -0.2) is 58.1 Å². The Morgan fingerprint density at radius 2 is 1.91 bits per heavy atom. The number of benzene rings is 2. The number of amides is 1. The van der Waals surface area contributed by atoms with Crippen LogP contribution in [0.3, 0.4) is 0 Å². The average molecular weight is 446 g/mol. The standard InChI is InChI=1S/C27H35N5O/c33-27(32-14-2-1-3-15-32)12-9-21-6-4-7-22(16-21)19-31-13-5-8-25(20-31)29-24-10-11-26-23(17-24)18-28-30-26/h4,6-7,10-11,16-18,25,29H,1-3,5,8-9,12-15,19-20H2,(H,28,30)/t25-/m1/s1. The molecule has 1 atom stereocenters. The van der Waals surface area contributed by atoms with E-state index in [0.29, 0.717) is 18.4 Å². The Kier molecular flexibility index (Phi) is 6.91. The van der Waals surface area contributed by atoms with Crippen molar-refractivity contribution in [1.82, 2.24) is 20.0 Å². The van der Waals surface area contributed by atoms with Crippen molar-refractivity contribution in [2.75, 3.05) is 31.5 Å². The Labute approximate surface area is 196 Å². The maximum absolute atomic E-state index is 12.5. The number of aromatic nitrogens is 2. The number of likely N-dealkylation sites (tertiary alicyclic amines) is 2. The summed E-state index contributed by atoms with van der Waals surface area (Å²) in [6, 6.07) is 15.7. The van der Waals surface area contributed by atoms with E-state index in [4.69, 9.17) is 0 Å². The smallest absolute Gasteiger partial charge is 0.222 e. The number of aryl methyl sites for hydroxylation is 1. The first kappa shape index (κ1) is 22.0. The van der Waals surface area contributed by atoms with Gasteiger partial charge < -0.3 is 10.2 Å². The number of carbonyl (C=O) groups is 1. The monoisotopic (exact) mass is 445 g/mol. The van der Waals surface area contributed by atoms with Gasteiger partial charge in [0.1, 0.15) is 0 Å². The summed E-state index contributed by atoms with van der Waals surface area (Å²) in [6.07, 6.45) is 9.31. The van der Waals surface area contributed by atoms with Crippen molar-refractivity contribution in [3.05, 3.63) is 59.8 Å². The van der Waals surface area contributed by atoms with Crippen LogP contribution in [0.4, 0.5) is 5.69 Å². The zero-order valence-corrected chi connectivity index (χ0v) is 19.4. The van der Waals surface area contributed by atoms with E-state index in [1.165, 1.54) is 30.4 Å². The van der Waals surface area contributed by atoms with Crippen LogP contribution in [0.2, 0.25) is 0 Å². The molecule has 2 aliphatic heterocycles. The Hall–Kier alpha value is -2.86. The molecule has 6 nitrogen and oxygen atoms in total. The molecule has 1 amide bonds. The van der Waals surface area contributed by atoms with Crippen LogP contribution < -0.4 is 5.32 Å². The number of rotatable bonds is 7. The Morgan fingerprint density at radius 3 is 2.82 bits per heavy atom. The fourth-order valence-corrected chi connectivity index (χ4v) is 5.28. The number of nitrogens with one attached hydrogen (secondary N) is 2. The van der Waals surface area contributed by atoms with Gasteiger partial charge in [-0.1, -0.05) is 24.3 Å². The summed E-state index contributed by atoms with van der Waals surface area (Å²) in [5.74, 6) is 0.318. The lowest BCUT2D eigenvalue weighted by Gasteiger charge is -2.33. The van der Waals surface area contributed by atoms with Gasteiger partial charge in [0.2, 0.25) is 5.91 Å². The predicted octanol–water partition coefficient (Wildman–Crippen LogP) is 4.58. The van der Waals surface area contributed by atoms with Crippen LogP contribution in [0.5, 0.6) is 0 Å². The zero-order chi connectivity index (χ0) is 22.5. The van der Waals surface area contributed by atoms with Gasteiger partial charge in [-0.15, -0.1) is 0 Å². The van der Waals surface area contributed by atoms with E-state index in [2.05, 4.69) is 67.8 Å². The van der Waals surface area contributed by atoms with Gasteiger partial charge in [0.15, 0.2) is 0 Å². The number of hydrogen-bond acceptors (Lipinski definition) is 4. The van der Waals surface area contributed by atoms with E-state index in [1.807, 2.05) is 6.20 Å². The third-order valence-corrected chi connectivity index (χ3v) is 7.05. The number of nitrogens with zero attached hydrogens (tertiary/aromatic N) is 3. The van der Waals surface area contributed by atoms with Crippen molar-refractivity contribution >= 4 is 22.5 Å². The molecule has 2 saturated heterocycles. The molecule has 2 aromatic carbocycles. The minimum atomic E-state index is 0.318. The minimum absolute atomic E-state index is 0.318. The highest BCUT2D eigenvalue weighted by Gasteiger charge is 2.20. The Balaban J connectivity index is 1.14. The lowest BCUT2D eigenvalue weighted by molar-refractivity contribution is -0.132. The van der Waals surface area contributed by atoms with Gasteiger partial charge in [-0.05, 0) is 74.4 Å². The van der Waals surface area contributed by atoms with Crippen LogP contribution in [0.15, 0.2) is 48.7 Å². The maximum Gasteiger partial charge on any atom is 0.222 e. The number of fused-ring (bicyclic) bond motifs is 1. The van der Waals surface area contributed by atoms with Crippen molar-refractivity contribution < 1.29 is 4.79 Å². The topological polar surface area (TPSA) is 64.3 Å². The van der Waals surface area contributed by atoms with E-state index < -0.39 is 0 Å². The number of anilines is 1. The third-order valence-electron chi connectivity index (χ3n) is 7.05. The molecule has 174 valence electrons. The zero-order valence-electron chi connectivity index (χ0n) is 19.4. The summed E-state index contributed by atoms with van der Waals surface area (Å²) in [5, 5.41) is 12.0. The molecule has 33 heavy (non-hydrogen) atoms. The second kappa shape index (κ2) is 10.4. The van der Waals surface area contributed by atoms with Gasteiger partial charge in [0.05, 0.1) is 11.7 Å². The van der Waals surface area contributed by atoms with Gasteiger partial charge >= 0.3 is 0 Å². The summed E-state index contributed by atoms with van der Waals surface area (Å²) < 4.78 is 0. The van der Waals surface area contributed by atoms with Crippen LogP contribution in [0, 0.1) is 0 Å². The van der Waals surface area contributed by atoms with Crippen molar-refractivity contribution in [2.45, 2.75) is 57.5 Å². The molecule has 3 aromatic rings. The SMILES string of the molecule is O=C(CCc1cccc(CN2CCC[C@@H](Nc3ccc4[nH]ncc4c3)C2)c1)N1CCCCC1. The minimum Gasteiger partial charge on any atom is -0.381 e. The highest BCUT2D eigenvalue weighted by molar-refractivity contribution is 5.81. The maximum atomic E-state index is 12.5. The van der Waals surface area contributed by atoms with Gasteiger partial charge in [0, 0.05) is 49.7 Å². The molecule has 0 spiro atoms. The number of hydrogen-bond donors (Lipinski definition) is 2. The summed E-state index contributed by atoms with van der Waals surface area (Å²) >= 11 is 0. The molecule has 2 aliphatic rings. The quantitative estimate of drug-likeness (QED) is 0.559. The summed E-state index contributed by atoms with van der Waals surface area (Å²) in [4.78, 5) is 17.1. The fraction of sp³-hybridized carbons (Fsp3) is 0.481.